The van der Waals surface area contributed by atoms with Crippen LogP contribution in [-0.4, -0.2) is 20.8 Å². The monoisotopic (exact) mass is 376 g/mol. The van der Waals surface area contributed by atoms with Gasteiger partial charge in [-0.2, -0.15) is 17.9 Å². The number of alkyl halides is 3. The molecule has 0 saturated carbocycles. The van der Waals surface area contributed by atoms with Gasteiger partial charge in [0.2, 0.25) is 11.8 Å². The molecule has 0 saturated heterocycles. The number of aromatic nitrogens is 3. The molecule has 0 aliphatic rings. The number of carbonyl (C=O) groups excluding carboxylic acids is 1. The van der Waals surface area contributed by atoms with Gasteiger partial charge in [0.15, 0.2) is 0 Å². The van der Waals surface area contributed by atoms with E-state index in [2.05, 4.69) is 10.1 Å². The molecule has 0 aliphatic carbocycles. The summed E-state index contributed by atoms with van der Waals surface area (Å²) >= 11 is 5.84. The van der Waals surface area contributed by atoms with E-state index in [1.807, 2.05) is 6.92 Å². The van der Waals surface area contributed by atoms with E-state index in [4.69, 9.17) is 22.1 Å². The van der Waals surface area contributed by atoms with Crippen LogP contribution >= 0.6 is 11.6 Å². The van der Waals surface area contributed by atoms with Crippen molar-refractivity contribution >= 4 is 17.6 Å². The van der Waals surface area contributed by atoms with E-state index in [0.29, 0.717) is 29.9 Å². The van der Waals surface area contributed by atoms with E-state index in [-0.39, 0.29) is 16.8 Å². The Hall–Kier alpha value is -2.29. The lowest BCUT2D eigenvalue weighted by Crippen LogP contribution is -2.22. The number of hydrogen-bond acceptors (Lipinski definition) is 4. The van der Waals surface area contributed by atoms with Gasteiger partial charge in [0.1, 0.15) is 5.02 Å². The molecule has 2 heterocycles. The second-order valence-electron chi connectivity index (χ2n) is 5.33. The molecule has 2 rings (SSSR count). The molecule has 0 unspecified atom stereocenters. The first kappa shape index (κ1) is 19.0. The summed E-state index contributed by atoms with van der Waals surface area (Å²) in [7, 11) is 0. The third-order valence-electron chi connectivity index (χ3n) is 3.52. The van der Waals surface area contributed by atoms with Crippen molar-refractivity contribution in [3.63, 3.8) is 0 Å². The maximum atomic E-state index is 12.7. The zero-order chi connectivity index (χ0) is 18.8. The Kier molecular flexibility index (Phi) is 5.56. The van der Waals surface area contributed by atoms with Gasteiger partial charge in [0, 0.05) is 11.8 Å². The van der Waals surface area contributed by atoms with Crippen LogP contribution in [0, 0.1) is 6.92 Å². The molecule has 0 fully saturated rings. The predicted molar refractivity (Wildman–Crippen MR) is 84.9 cm³/mol. The van der Waals surface area contributed by atoms with Crippen LogP contribution in [0.25, 0.3) is 0 Å². The van der Waals surface area contributed by atoms with Crippen LogP contribution in [-0.2, 0) is 12.6 Å². The molecule has 0 aliphatic heterocycles. The second-order valence-corrected chi connectivity index (χ2v) is 5.74. The number of primary amides is 1. The van der Waals surface area contributed by atoms with Crippen LogP contribution in [0.15, 0.2) is 12.3 Å². The van der Waals surface area contributed by atoms with Crippen LogP contribution in [0.1, 0.15) is 36.6 Å². The normalized spacial score (nSPS) is 11.6. The Labute approximate surface area is 146 Å². The molecule has 136 valence electrons. The summed E-state index contributed by atoms with van der Waals surface area (Å²) in [6, 6.07) is -0.0790. The van der Waals surface area contributed by atoms with Crippen molar-refractivity contribution in [2.45, 2.75) is 39.3 Å². The second kappa shape index (κ2) is 7.30. The summed E-state index contributed by atoms with van der Waals surface area (Å²) in [5.41, 5.74) is 5.39. The molecule has 6 nitrogen and oxygen atoms in total. The fraction of sp³-hybridized carbons (Fsp3) is 0.400. The minimum absolute atomic E-state index is 0.0407. The van der Waals surface area contributed by atoms with Gasteiger partial charge in [-0.25, -0.2) is 9.78 Å². The third kappa shape index (κ3) is 4.22. The zero-order valence-corrected chi connectivity index (χ0v) is 14.3. The van der Waals surface area contributed by atoms with Gasteiger partial charge >= 0.3 is 12.2 Å². The lowest BCUT2D eigenvalue weighted by atomic mass is 10.1. The summed E-state index contributed by atoms with van der Waals surface area (Å²) in [5.74, 6) is -0.194. The van der Waals surface area contributed by atoms with Crippen molar-refractivity contribution in [1.29, 1.82) is 0 Å². The molecule has 0 atom stereocenters. The van der Waals surface area contributed by atoms with Crippen molar-refractivity contribution in [2.24, 2.45) is 5.73 Å². The molecular weight excluding hydrogens is 361 g/mol. The first-order valence-electron chi connectivity index (χ1n) is 7.44. The Bertz CT molecular complexity index is 790. The van der Waals surface area contributed by atoms with E-state index < -0.39 is 17.8 Å². The Morgan fingerprint density at radius 3 is 2.60 bits per heavy atom. The standard InChI is InChI=1S/C15H16ClF3N4O2/c1-3-4-5-10-8(2)23(14(20)24)22-12(10)25-13-11(16)6-9(7-21-13)15(17,18)19/h6-7H,3-5H2,1-2H3,(H2,20,24). The highest BCUT2D eigenvalue weighted by molar-refractivity contribution is 6.31. The predicted octanol–water partition coefficient (Wildman–Crippen LogP) is 4.32. The molecule has 0 spiro atoms. The van der Waals surface area contributed by atoms with Crippen LogP contribution in [0.3, 0.4) is 0 Å². The topological polar surface area (TPSA) is 83.0 Å². The molecular formula is C15H16ClF3N4O2. The largest absolute Gasteiger partial charge is 0.417 e. The molecule has 2 aromatic heterocycles. The summed E-state index contributed by atoms with van der Waals surface area (Å²) in [5, 5.41) is 3.65. The number of nitrogens with two attached hydrogens (primary N) is 1. The van der Waals surface area contributed by atoms with Crippen molar-refractivity contribution in [3.8, 4) is 11.8 Å². The van der Waals surface area contributed by atoms with E-state index in [1.165, 1.54) is 0 Å². The van der Waals surface area contributed by atoms with Crippen LogP contribution in [0.4, 0.5) is 18.0 Å². The molecule has 0 aromatic carbocycles. The van der Waals surface area contributed by atoms with Gasteiger partial charge in [-0.1, -0.05) is 24.9 Å². The van der Waals surface area contributed by atoms with Gasteiger partial charge in [-0.05, 0) is 25.8 Å². The highest BCUT2D eigenvalue weighted by Gasteiger charge is 2.32. The first-order valence-corrected chi connectivity index (χ1v) is 7.81. The number of amides is 1. The Morgan fingerprint density at radius 2 is 2.08 bits per heavy atom. The number of nitrogens with zero attached hydrogens (tertiary/aromatic N) is 3. The number of pyridine rings is 1. The smallest absolute Gasteiger partial charge is 0.417 e. The Balaban J connectivity index is 2.39. The average molecular weight is 377 g/mol. The number of halogens is 4. The number of ether oxygens (including phenoxy) is 1. The summed E-state index contributed by atoms with van der Waals surface area (Å²) in [6.07, 6.45) is -1.70. The fourth-order valence-corrected chi connectivity index (χ4v) is 2.40. The lowest BCUT2D eigenvalue weighted by molar-refractivity contribution is -0.137. The van der Waals surface area contributed by atoms with Crippen LogP contribution < -0.4 is 10.5 Å². The molecule has 2 aromatic rings. The van der Waals surface area contributed by atoms with Gasteiger partial charge in [-0.3, -0.25) is 0 Å². The maximum absolute atomic E-state index is 12.7. The van der Waals surface area contributed by atoms with Crippen molar-refractivity contribution in [3.05, 3.63) is 34.1 Å². The van der Waals surface area contributed by atoms with Crippen molar-refractivity contribution < 1.29 is 22.7 Å². The van der Waals surface area contributed by atoms with Gasteiger partial charge in [-0.15, -0.1) is 5.10 Å². The van der Waals surface area contributed by atoms with Crippen molar-refractivity contribution in [2.75, 3.05) is 0 Å². The lowest BCUT2D eigenvalue weighted by Gasteiger charge is -2.09. The minimum atomic E-state index is -4.56. The van der Waals surface area contributed by atoms with Crippen molar-refractivity contribution in [1.82, 2.24) is 14.8 Å². The Morgan fingerprint density at radius 1 is 1.40 bits per heavy atom. The maximum Gasteiger partial charge on any atom is 0.417 e. The molecule has 1 amide bonds. The van der Waals surface area contributed by atoms with Crippen LogP contribution in [0.2, 0.25) is 5.02 Å². The van der Waals surface area contributed by atoms with E-state index >= 15 is 0 Å². The van der Waals surface area contributed by atoms with E-state index in [9.17, 15) is 18.0 Å². The highest BCUT2D eigenvalue weighted by Crippen LogP contribution is 2.35. The number of hydrogen-bond donors (Lipinski definition) is 1. The van der Waals surface area contributed by atoms with E-state index in [1.54, 1.807) is 6.92 Å². The van der Waals surface area contributed by atoms with Crippen LogP contribution in [0.5, 0.6) is 11.8 Å². The molecule has 25 heavy (non-hydrogen) atoms. The average Bonchev–Trinajstić information content (AvgIpc) is 2.82. The molecule has 2 N–H and O–H groups in total. The van der Waals surface area contributed by atoms with Gasteiger partial charge in [0.05, 0.1) is 11.3 Å². The molecule has 0 bridgehead atoms. The SMILES string of the molecule is CCCCc1c(Oc2ncc(C(F)(F)F)cc2Cl)nn(C(N)=O)c1C. The molecule has 10 heteroatoms. The fourth-order valence-electron chi connectivity index (χ4n) is 2.19. The number of rotatable bonds is 5. The summed E-state index contributed by atoms with van der Waals surface area (Å²) in [4.78, 5) is 15.0. The van der Waals surface area contributed by atoms with E-state index in [0.717, 1.165) is 17.5 Å². The third-order valence-corrected chi connectivity index (χ3v) is 3.79. The summed E-state index contributed by atoms with van der Waals surface area (Å²) in [6.45, 7) is 3.64. The molecule has 0 radical (unpaired) electrons. The van der Waals surface area contributed by atoms with Gasteiger partial charge in [0.25, 0.3) is 0 Å². The quantitative estimate of drug-likeness (QED) is 0.842. The highest BCUT2D eigenvalue weighted by atomic mass is 35.5. The number of carbonyl (C=O) groups is 1. The summed E-state index contributed by atoms with van der Waals surface area (Å²) < 4.78 is 44.4. The first-order chi connectivity index (χ1) is 11.6. The number of unbranched alkanes of at least 4 members (excludes halogenated alkanes) is 1. The van der Waals surface area contributed by atoms with Gasteiger partial charge < -0.3 is 10.5 Å². The zero-order valence-electron chi connectivity index (χ0n) is 13.5. The minimum Gasteiger partial charge on any atom is -0.417 e.